The number of amides is 1. The first kappa shape index (κ1) is 17.5. The van der Waals surface area contributed by atoms with E-state index >= 15 is 0 Å². The van der Waals surface area contributed by atoms with Gasteiger partial charge in [-0.15, -0.1) is 0 Å². The zero-order valence-electron chi connectivity index (χ0n) is 14.0. The van der Waals surface area contributed by atoms with Crippen molar-refractivity contribution in [3.05, 3.63) is 64.7 Å². The maximum Gasteiger partial charge on any atom is 0.271 e. The standard InChI is InChI=1S/C19H20ClN3O2/c1-14(21-22-19(24)16-2-6-17(20)7-3-16)15-4-8-18(9-5-15)23-10-12-25-13-11-23/h2-9H,10-13H2,1H3,(H,22,24)/b21-14-. The molecule has 0 aliphatic carbocycles. The lowest BCUT2D eigenvalue weighted by Gasteiger charge is -2.28. The van der Waals surface area contributed by atoms with Gasteiger partial charge in [0.05, 0.1) is 18.9 Å². The number of hydrazone groups is 1. The van der Waals surface area contributed by atoms with Crippen molar-refractivity contribution in [3.63, 3.8) is 0 Å². The Labute approximate surface area is 152 Å². The second-order valence-electron chi connectivity index (χ2n) is 5.79. The molecule has 6 heteroatoms. The Morgan fingerprint density at radius 1 is 1.04 bits per heavy atom. The maximum absolute atomic E-state index is 12.1. The highest BCUT2D eigenvalue weighted by atomic mass is 35.5. The van der Waals surface area contributed by atoms with Crippen LogP contribution in [-0.2, 0) is 4.74 Å². The van der Waals surface area contributed by atoms with Gasteiger partial charge < -0.3 is 9.64 Å². The number of carbonyl (C=O) groups is 1. The summed E-state index contributed by atoms with van der Waals surface area (Å²) in [6, 6.07) is 14.9. The molecule has 1 fully saturated rings. The Bertz CT molecular complexity index is 751. The van der Waals surface area contributed by atoms with Crippen molar-refractivity contribution in [1.29, 1.82) is 0 Å². The Morgan fingerprint density at radius 2 is 1.64 bits per heavy atom. The third-order valence-electron chi connectivity index (χ3n) is 4.09. The van der Waals surface area contributed by atoms with Crippen LogP contribution in [0.25, 0.3) is 0 Å². The fourth-order valence-corrected chi connectivity index (χ4v) is 2.73. The number of hydrogen-bond donors (Lipinski definition) is 1. The second kappa shape index (κ2) is 8.14. The third-order valence-corrected chi connectivity index (χ3v) is 4.34. The SMILES string of the molecule is C/C(=N/NC(=O)c1ccc(Cl)cc1)c1ccc(N2CCOCC2)cc1. The summed E-state index contributed by atoms with van der Waals surface area (Å²) < 4.78 is 5.37. The highest BCUT2D eigenvalue weighted by Crippen LogP contribution is 2.17. The van der Waals surface area contributed by atoms with Crippen LogP contribution < -0.4 is 10.3 Å². The lowest BCUT2D eigenvalue weighted by atomic mass is 10.1. The van der Waals surface area contributed by atoms with Crippen LogP contribution in [0, 0.1) is 0 Å². The van der Waals surface area contributed by atoms with E-state index in [1.165, 1.54) is 5.69 Å². The molecule has 0 atom stereocenters. The largest absolute Gasteiger partial charge is 0.378 e. The minimum absolute atomic E-state index is 0.263. The highest BCUT2D eigenvalue weighted by Gasteiger charge is 2.11. The third kappa shape index (κ3) is 4.59. The van der Waals surface area contributed by atoms with Crippen molar-refractivity contribution in [2.75, 3.05) is 31.2 Å². The Kier molecular flexibility index (Phi) is 5.68. The van der Waals surface area contributed by atoms with Crippen LogP contribution in [0.4, 0.5) is 5.69 Å². The number of ether oxygens (including phenoxy) is 1. The second-order valence-corrected chi connectivity index (χ2v) is 6.23. The van der Waals surface area contributed by atoms with Crippen LogP contribution in [-0.4, -0.2) is 37.9 Å². The Hall–Kier alpha value is -2.37. The normalized spacial score (nSPS) is 15.1. The van der Waals surface area contributed by atoms with E-state index in [1.807, 2.05) is 19.1 Å². The molecule has 1 aliphatic heterocycles. The summed E-state index contributed by atoms with van der Waals surface area (Å²) >= 11 is 5.82. The lowest BCUT2D eigenvalue weighted by Crippen LogP contribution is -2.36. The van der Waals surface area contributed by atoms with E-state index in [2.05, 4.69) is 27.6 Å². The van der Waals surface area contributed by atoms with E-state index in [0.29, 0.717) is 10.6 Å². The van der Waals surface area contributed by atoms with Crippen molar-refractivity contribution in [2.45, 2.75) is 6.92 Å². The van der Waals surface area contributed by atoms with Crippen LogP contribution in [0.1, 0.15) is 22.8 Å². The minimum Gasteiger partial charge on any atom is -0.378 e. The van der Waals surface area contributed by atoms with E-state index in [1.54, 1.807) is 24.3 Å². The lowest BCUT2D eigenvalue weighted by molar-refractivity contribution is 0.0955. The summed E-state index contributed by atoms with van der Waals surface area (Å²) in [5, 5.41) is 4.78. The summed E-state index contributed by atoms with van der Waals surface area (Å²) in [5.74, 6) is -0.263. The number of benzene rings is 2. The quantitative estimate of drug-likeness (QED) is 0.674. The number of hydrogen-bond acceptors (Lipinski definition) is 4. The number of nitrogens with one attached hydrogen (secondary N) is 1. The molecule has 1 aliphatic rings. The zero-order valence-corrected chi connectivity index (χ0v) is 14.8. The molecule has 0 unspecified atom stereocenters. The van der Waals surface area contributed by atoms with Gasteiger partial charge in [-0.05, 0) is 48.9 Å². The molecular formula is C19H20ClN3O2. The summed E-state index contributed by atoms with van der Waals surface area (Å²) in [5.41, 5.74) is 5.97. The molecule has 0 spiro atoms. The van der Waals surface area contributed by atoms with Crippen LogP contribution in [0.3, 0.4) is 0 Å². The van der Waals surface area contributed by atoms with E-state index in [4.69, 9.17) is 16.3 Å². The first-order valence-electron chi connectivity index (χ1n) is 8.17. The van der Waals surface area contributed by atoms with Gasteiger partial charge in [-0.25, -0.2) is 5.43 Å². The summed E-state index contributed by atoms with van der Waals surface area (Å²) in [6.07, 6.45) is 0. The van der Waals surface area contributed by atoms with Gasteiger partial charge in [-0.1, -0.05) is 23.7 Å². The van der Waals surface area contributed by atoms with Crippen molar-refractivity contribution >= 4 is 28.9 Å². The predicted octanol–water partition coefficient (Wildman–Crippen LogP) is 3.33. The number of carbonyl (C=O) groups excluding carboxylic acids is 1. The van der Waals surface area contributed by atoms with Crippen LogP contribution in [0.5, 0.6) is 0 Å². The number of rotatable bonds is 4. The molecule has 2 aromatic rings. The smallest absolute Gasteiger partial charge is 0.271 e. The van der Waals surface area contributed by atoms with Gasteiger partial charge >= 0.3 is 0 Å². The van der Waals surface area contributed by atoms with Gasteiger partial charge in [0.1, 0.15) is 0 Å². The molecule has 0 aromatic heterocycles. The topological polar surface area (TPSA) is 53.9 Å². The van der Waals surface area contributed by atoms with Gasteiger partial charge in [0, 0.05) is 29.4 Å². The molecule has 0 saturated carbocycles. The average molecular weight is 358 g/mol. The monoisotopic (exact) mass is 357 g/mol. The number of nitrogens with zero attached hydrogens (tertiary/aromatic N) is 2. The highest BCUT2D eigenvalue weighted by molar-refractivity contribution is 6.30. The van der Waals surface area contributed by atoms with Crippen molar-refractivity contribution < 1.29 is 9.53 Å². The molecule has 1 N–H and O–H groups in total. The van der Waals surface area contributed by atoms with Gasteiger partial charge in [0.15, 0.2) is 0 Å². The molecule has 0 radical (unpaired) electrons. The molecule has 1 amide bonds. The van der Waals surface area contributed by atoms with Crippen LogP contribution >= 0.6 is 11.6 Å². The number of morpholine rings is 1. The average Bonchev–Trinajstić information content (AvgIpc) is 2.67. The van der Waals surface area contributed by atoms with E-state index in [-0.39, 0.29) is 5.91 Å². The van der Waals surface area contributed by atoms with Crippen LogP contribution in [0.15, 0.2) is 53.6 Å². The fraction of sp³-hybridized carbons (Fsp3) is 0.263. The molecule has 0 bridgehead atoms. The molecule has 3 rings (SSSR count). The van der Waals surface area contributed by atoms with Gasteiger partial charge in [-0.2, -0.15) is 5.10 Å². The maximum atomic E-state index is 12.1. The van der Waals surface area contributed by atoms with Gasteiger partial charge in [0.2, 0.25) is 0 Å². The molecule has 2 aromatic carbocycles. The molecule has 130 valence electrons. The van der Waals surface area contributed by atoms with Crippen molar-refractivity contribution in [1.82, 2.24) is 5.43 Å². The molecule has 1 saturated heterocycles. The summed E-state index contributed by atoms with van der Waals surface area (Å²) in [4.78, 5) is 14.4. The Balaban J connectivity index is 1.63. The Morgan fingerprint density at radius 3 is 2.28 bits per heavy atom. The minimum atomic E-state index is -0.263. The summed E-state index contributed by atoms with van der Waals surface area (Å²) in [6.45, 7) is 5.21. The molecule has 5 nitrogen and oxygen atoms in total. The van der Waals surface area contributed by atoms with E-state index in [0.717, 1.165) is 37.6 Å². The zero-order chi connectivity index (χ0) is 17.6. The molecular weight excluding hydrogens is 338 g/mol. The predicted molar refractivity (Wildman–Crippen MR) is 101 cm³/mol. The summed E-state index contributed by atoms with van der Waals surface area (Å²) in [7, 11) is 0. The molecule has 25 heavy (non-hydrogen) atoms. The van der Waals surface area contributed by atoms with Gasteiger partial charge in [-0.3, -0.25) is 4.79 Å². The first-order chi connectivity index (χ1) is 12.1. The van der Waals surface area contributed by atoms with E-state index < -0.39 is 0 Å². The molecule has 1 heterocycles. The first-order valence-corrected chi connectivity index (χ1v) is 8.54. The number of anilines is 1. The van der Waals surface area contributed by atoms with Gasteiger partial charge in [0.25, 0.3) is 5.91 Å². The fourth-order valence-electron chi connectivity index (χ4n) is 2.60. The van der Waals surface area contributed by atoms with Crippen molar-refractivity contribution in [3.8, 4) is 0 Å². The van der Waals surface area contributed by atoms with E-state index in [9.17, 15) is 4.79 Å². The van der Waals surface area contributed by atoms with Crippen molar-refractivity contribution in [2.24, 2.45) is 5.10 Å². The number of halogens is 1. The van der Waals surface area contributed by atoms with Crippen LogP contribution in [0.2, 0.25) is 5.02 Å².